The summed E-state index contributed by atoms with van der Waals surface area (Å²) in [6.07, 6.45) is 0.477. The molecule has 2 aromatic carbocycles. The third-order valence-corrected chi connectivity index (χ3v) is 3.65. The molecule has 0 bridgehead atoms. The number of rotatable bonds is 3. The highest BCUT2D eigenvalue weighted by atomic mass is 19.1. The van der Waals surface area contributed by atoms with Crippen molar-refractivity contribution in [2.45, 2.75) is 25.5 Å². The van der Waals surface area contributed by atoms with Crippen LogP contribution in [0.2, 0.25) is 0 Å². The predicted molar refractivity (Wildman–Crippen MR) is 78.9 cm³/mol. The van der Waals surface area contributed by atoms with Crippen molar-refractivity contribution in [2.75, 3.05) is 6.61 Å². The molecule has 3 nitrogen and oxygen atoms in total. The van der Waals surface area contributed by atoms with Gasteiger partial charge in [0.25, 0.3) is 0 Å². The normalized spacial score (nSPS) is 20.5. The van der Waals surface area contributed by atoms with Crippen LogP contribution in [0.1, 0.15) is 36.6 Å². The first-order chi connectivity index (χ1) is 10.2. The summed E-state index contributed by atoms with van der Waals surface area (Å²) in [6.45, 7) is 2.57. The fourth-order valence-electron chi connectivity index (χ4n) is 2.65. The zero-order valence-corrected chi connectivity index (χ0v) is 11.9. The standard InChI is InChI=1S/C17H18FNO2/c1-2-20-13-5-3-4-11(8-13)17-10-15(19)14-9-12(18)6-7-16(14)21-17/h3-9,15,17H,2,10,19H2,1H3/t15-,17?/m1/s1. The van der Waals surface area contributed by atoms with Gasteiger partial charge in [-0.2, -0.15) is 0 Å². The number of fused-ring (bicyclic) bond motifs is 1. The molecule has 21 heavy (non-hydrogen) atoms. The Labute approximate surface area is 123 Å². The zero-order chi connectivity index (χ0) is 14.8. The van der Waals surface area contributed by atoms with Crippen molar-refractivity contribution < 1.29 is 13.9 Å². The third-order valence-electron chi connectivity index (χ3n) is 3.65. The molecule has 0 aromatic heterocycles. The minimum absolute atomic E-state index is 0.140. The minimum atomic E-state index is -0.287. The van der Waals surface area contributed by atoms with E-state index in [9.17, 15) is 4.39 Å². The maximum Gasteiger partial charge on any atom is 0.126 e. The van der Waals surface area contributed by atoms with Crippen LogP contribution in [-0.4, -0.2) is 6.61 Å². The highest BCUT2D eigenvalue weighted by molar-refractivity contribution is 5.40. The second-order valence-corrected chi connectivity index (χ2v) is 5.14. The van der Waals surface area contributed by atoms with E-state index in [1.807, 2.05) is 31.2 Å². The van der Waals surface area contributed by atoms with Crippen LogP contribution in [-0.2, 0) is 0 Å². The van der Waals surface area contributed by atoms with Crippen molar-refractivity contribution in [1.29, 1.82) is 0 Å². The second kappa shape index (κ2) is 5.74. The van der Waals surface area contributed by atoms with Crippen molar-refractivity contribution in [2.24, 2.45) is 5.73 Å². The molecule has 4 heteroatoms. The minimum Gasteiger partial charge on any atom is -0.494 e. The summed E-state index contributed by atoms with van der Waals surface area (Å²) in [6, 6.07) is 12.1. The Morgan fingerprint density at radius 2 is 2.14 bits per heavy atom. The summed E-state index contributed by atoms with van der Waals surface area (Å²) in [4.78, 5) is 0. The van der Waals surface area contributed by atoms with E-state index in [2.05, 4.69) is 0 Å². The van der Waals surface area contributed by atoms with E-state index in [1.165, 1.54) is 12.1 Å². The largest absolute Gasteiger partial charge is 0.494 e. The number of halogens is 1. The highest BCUT2D eigenvalue weighted by Crippen LogP contribution is 2.40. The predicted octanol–water partition coefficient (Wildman–Crippen LogP) is 3.75. The van der Waals surface area contributed by atoms with Gasteiger partial charge in [0.1, 0.15) is 23.4 Å². The monoisotopic (exact) mass is 287 g/mol. The van der Waals surface area contributed by atoms with Crippen molar-refractivity contribution in [1.82, 2.24) is 0 Å². The number of hydrogen-bond acceptors (Lipinski definition) is 3. The third kappa shape index (κ3) is 2.85. The maximum absolute atomic E-state index is 13.3. The number of hydrogen-bond donors (Lipinski definition) is 1. The fourth-order valence-corrected chi connectivity index (χ4v) is 2.65. The lowest BCUT2D eigenvalue weighted by atomic mass is 9.93. The lowest BCUT2D eigenvalue weighted by molar-refractivity contribution is 0.160. The molecule has 0 amide bonds. The van der Waals surface area contributed by atoms with Gasteiger partial charge in [0.2, 0.25) is 0 Å². The first-order valence-corrected chi connectivity index (χ1v) is 7.12. The van der Waals surface area contributed by atoms with E-state index in [0.29, 0.717) is 18.8 Å². The maximum atomic E-state index is 13.3. The number of nitrogens with two attached hydrogens (primary N) is 1. The Morgan fingerprint density at radius 1 is 1.29 bits per heavy atom. The Balaban J connectivity index is 1.88. The van der Waals surface area contributed by atoms with Crippen molar-refractivity contribution >= 4 is 0 Å². The van der Waals surface area contributed by atoms with E-state index in [1.54, 1.807) is 6.07 Å². The molecule has 1 aliphatic rings. The van der Waals surface area contributed by atoms with Crippen LogP contribution < -0.4 is 15.2 Å². The quantitative estimate of drug-likeness (QED) is 0.935. The molecule has 110 valence electrons. The number of benzene rings is 2. The molecule has 0 saturated heterocycles. The zero-order valence-electron chi connectivity index (χ0n) is 11.9. The van der Waals surface area contributed by atoms with Gasteiger partial charge < -0.3 is 15.2 Å². The molecule has 0 radical (unpaired) electrons. The van der Waals surface area contributed by atoms with Crippen molar-refractivity contribution in [3.05, 3.63) is 59.4 Å². The smallest absolute Gasteiger partial charge is 0.126 e. The molecule has 1 aliphatic heterocycles. The Bertz CT molecular complexity index is 644. The summed E-state index contributed by atoms with van der Waals surface area (Å²) in [7, 11) is 0. The van der Waals surface area contributed by atoms with Gasteiger partial charge in [-0.25, -0.2) is 4.39 Å². The van der Waals surface area contributed by atoms with E-state index in [-0.39, 0.29) is 18.0 Å². The van der Waals surface area contributed by atoms with E-state index in [0.717, 1.165) is 16.9 Å². The van der Waals surface area contributed by atoms with Crippen LogP contribution in [0.3, 0.4) is 0 Å². The second-order valence-electron chi connectivity index (χ2n) is 5.14. The van der Waals surface area contributed by atoms with Crippen molar-refractivity contribution in [3.8, 4) is 11.5 Å². The van der Waals surface area contributed by atoms with Gasteiger partial charge in [-0.3, -0.25) is 0 Å². The van der Waals surface area contributed by atoms with Gasteiger partial charge in [0, 0.05) is 18.0 Å². The fraction of sp³-hybridized carbons (Fsp3) is 0.294. The SMILES string of the molecule is CCOc1cccc(C2C[C@@H](N)c3cc(F)ccc3O2)c1. The molecule has 2 aromatic rings. The van der Waals surface area contributed by atoms with E-state index < -0.39 is 0 Å². The van der Waals surface area contributed by atoms with Gasteiger partial charge in [0.05, 0.1) is 6.61 Å². The molecule has 0 fully saturated rings. The lowest BCUT2D eigenvalue weighted by Crippen LogP contribution is -2.24. The number of ether oxygens (including phenoxy) is 2. The van der Waals surface area contributed by atoms with Gasteiger partial charge >= 0.3 is 0 Å². The summed E-state index contributed by atoms with van der Waals surface area (Å²) in [5.41, 5.74) is 7.91. The molecular weight excluding hydrogens is 269 g/mol. The van der Waals surface area contributed by atoms with Gasteiger partial charge in [-0.1, -0.05) is 12.1 Å². The molecule has 0 spiro atoms. The summed E-state index contributed by atoms with van der Waals surface area (Å²) in [5.74, 6) is 1.18. The molecular formula is C17H18FNO2. The Morgan fingerprint density at radius 3 is 2.95 bits per heavy atom. The Hall–Kier alpha value is -2.07. The van der Waals surface area contributed by atoms with Crippen LogP contribution in [0.4, 0.5) is 4.39 Å². The van der Waals surface area contributed by atoms with Crippen LogP contribution in [0.25, 0.3) is 0 Å². The lowest BCUT2D eigenvalue weighted by Gasteiger charge is -2.30. The molecule has 1 heterocycles. The first-order valence-electron chi connectivity index (χ1n) is 7.12. The topological polar surface area (TPSA) is 44.5 Å². The molecule has 0 aliphatic carbocycles. The summed E-state index contributed by atoms with van der Waals surface area (Å²) < 4.78 is 24.8. The van der Waals surface area contributed by atoms with Crippen LogP contribution in [0.15, 0.2) is 42.5 Å². The first kappa shape index (κ1) is 13.9. The van der Waals surface area contributed by atoms with E-state index in [4.69, 9.17) is 15.2 Å². The van der Waals surface area contributed by atoms with Crippen LogP contribution in [0, 0.1) is 5.82 Å². The molecule has 2 N–H and O–H groups in total. The van der Waals surface area contributed by atoms with Gasteiger partial charge in [-0.15, -0.1) is 0 Å². The molecule has 1 unspecified atom stereocenters. The van der Waals surface area contributed by atoms with E-state index >= 15 is 0 Å². The Kier molecular flexibility index (Phi) is 3.80. The molecule has 3 rings (SSSR count). The van der Waals surface area contributed by atoms with Crippen LogP contribution >= 0.6 is 0 Å². The van der Waals surface area contributed by atoms with Gasteiger partial charge in [-0.05, 0) is 42.8 Å². The average molecular weight is 287 g/mol. The van der Waals surface area contributed by atoms with Crippen molar-refractivity contribution in [3.63, 3.8) is 0 Å². The van der Waals surface area contributed by atoms with Crippen LogP contribution in [0.5, 0.6) is 11.5 Å². The summed E-state index contributed by atoms with van der Waals surface area (Å²) >= 11 is 0. The summed E-state index contributed by atoms with van der Waals surface area (Å²) in [5, 5.41) is 0. The molecule has 2 atom stereocenters. The molecule has 0 saturated carbocycles. The van der Waals surface area contributed by atoms with Gasteiger partial charge in [0.15, 0.2) is 0 Å². The highest BCUT2D eigenvalue weighted by Gasteiger charge is 2.27. The average Bonchev–Trinajstić information content (AvgIpc) is 2.48.